The third-order valence-corrected chi connectivity index (χ3v) is 16.1. The number of ketones is 1. The van der Waals surface area contributed by atoms with Crippen molar-refractivity contribution in [3.8, 4) is 0 Å². The van der Waals surface area contributed by atoms with Crippen molar-refractivity contribution < 1.29 is 37.8 Å². The molecule has 1 aromatic rings. The average Bonchev–Trinajstić information content (AvgIpc) is 3.38. The first kappa shape index (κ1) is 36.2. The molecule has 3 N–H and O–H groups in total. The number of carboxylic acids is 1. The fraction of sp³-hybridized carbons (Fsp3) is 0.775. The van der Waals surface area contributed by atoms with Crippen LogP contribution in [0.15, 0.2) is 30.3 Å². The van der Waals surface area contributed by atoms with E-state index in [-0.39, 0.29) is 46.7 Å². The Morgan fingerprint density at radius 1 is 0.980 bits per heavy atom. The van der Waals surface area contributed by atoms with E-state index >= 15 is 0 Å². The zero-order chi connectivity index (χ0) is 37.3. The minimum atomic E-state index is -0.880. The normalized spacial score (nSPS) is 44.7. The number of aliphatic carboxylic acids is 1. The van der Waals surface area contributed by atoms with Gasteiger partial charge in [-0.15, -0.1) is 0 Å². The number of ether oxygens (including phenoxy) is 2. The summed E-state index contributed by atoms with van der Waals surface area (Å²) in [4.78, 5) is 58.0. The zero-order valence-corrected chi connectivity index (χ0v) is 31.8. The molecular formula is C40H56N2O9. The molecule has 0 amide bonds. The summed E-state index contributed by atoms with van der Waals surface area (Å²) in [5, 5.41) is 10.3. The molecular weight excluding hydrogens is 652 g/mol. The van der Waals surface area contributed by atoms with Gasteiger partial charge in [0.15, 0.2) is 29.8 Å². The Bertz CT molecular complexity index is 1810. The van der Waals surface area contributed by atoms with E-state index < -0.39 is 57.1 Å². The van der Waals surface area contributed by atoms with Crippen molar-refractivity contribution in [3.05, 3.63) is 33.8 Å². The van der Waals surface area contributed by atoms with Crippen molar-refractivity contribution in [2.45, 2.75) is 144 Å². The Kier molecular flexibility index (Phi) is 7.91. The van der Waals surface area contributed by atoms with Gasteiger partial charge in [0.1, 0.15) is 17.6 Å². The molecule has 6 aliphatic rings. The standard InChI is InChI=1S/C40H56N2O9/c1-21(2)28(41)30(44)51-27-10-11-38(8)29-25(43)18-23-24-19-35(5,32(45)46)13-12-34(24,4)14-15-36(23,6)37(29,7)16-17-40(38)39(27,9)31(42-40)48-20-26-22(3)49-33(47)50-26/h18,21,24,27-29H,10-17,19-20,41H2,1-9H3,(H,45,46)/t24-,27-,28-,29-,34+,35-,36+,37+,38+,39-,40-/m0/s1. The van der Waals surface area contributed by atoms with Crippen LogP contribution in [-0.2, 0) is 30.5 Å². The quantitative estimate of drug-likeness (QED) is 0.310. The summed E-state index contributed by atoms with van der Waals surface area (Å²) >= 11 is 0. The van der Waals surface area contributed by atoms with Gasteiger partial charge >= 0.3 is 17.8 Å². The van der Waals surface area contributed by atoms with Crippen molar-refractivity contribution in [1.82, 2.24) is 0 Å². The van der Waals surface area contributed by atoms with Crippen molar-refractivity contribution in [1.29, 1.82) is 0 Å². The highest BCUT2D eigenvalue weighted by Crippen LogP contribution is 2.78. The Morgan fingerprint density at radius 2 is 1.67 bits per heavy atom. The lowest BCUT2D eigenvalue weighted by molar-refractivity contribution is -0.222. The van der Waals surface area contributed by atoms with Gasteiger partial charge in [-0.05, 0) is 113 Å². The Balaban J connectivity index is 1.30. The predicted molar refractivity (Wildman–Crippen MR) is 188 cm³/mol. The number of carboxylic acid groups (broad SMARTS) is 1. The van der Waals surface area contributed by atoms with Crippen LogP contribution in [0.5, 0.6) is 0 Å². The molecule has 5 aliphatic carbocycles. The fourth-order valence-corrected chi connectivity index (χ4v) is 12.3. The molecule has 1 aromatic heterocycles. The lowest BCUT2D eigenvalue weighted by atomic mass is 9.30. The highest BCUT2D eigenvalue weighted by atomic mass is 16.6. The van der Waals surface area contributed by atoms with Crippen LogP contribution in [0, 0.1) is 57.2 Å². The first-order chi connectivity index (χ1) is 23.6. The molecule has 1 spiro atoms. The number of hydrogen-bond acceptors (Lipinski definition) is 10. The van der Waals surface area contributed by atoms with Gasteiger partial charge in [0, 0.05) is 11.3 Å². The number of carbonyl (C=O) groups excluding carboxylic acids is 2. The number of rotatable bonds is 6. The van der Waals surface area contributed by atoms with E-state index in [0.717, 1.165) is 31.3 Å². The number of carbonyl (C=O) groups is 3. The van der Waals surface area contributed by atoms with Crippen LogP contribution in [0.25, 0.3) is 0 Å². The van der Waals surface area contributed by atoms with Crippen LogP contribution in [0.4, 0.5) is 0 Å². The number of esters is 1. The van der Waals surface area contributed by atoms with Crippen molar-refractivity contribution in [2.24, 2.45) is 61.0 Å². The van der Waals surface area contributed by atoms with Crippen molar-refractivity contribution in [2.75, 3.05) is 0 Å². The number of hydrogen-bond donors (Lipinski definition) is 2. The van der Waals surface area contributed by atoms with E-state index in [0.29, 0.717) is 43.8 Å². The van der Waals surface area contributed by atoms with E-state index in [2.05, 4.69) is 27.7 Å². The Labute approximate surface area is 300 Å². The Morgan fingerprint density at radius 3 is 2.29 bits per heavy atom. The van der Waals surface area contributed by atoms with Gasteiger partial charge in [-0.3, -0.25) is 14.4 Å². The molecule has 4 saturated carbocycles. The highest BCUT2D eigenvalue weighted by molar-refractivity contribution is 5.98. The van der Waals surface area contributed by atoms with Crippen LogP contribution >= 0.6 is 0 Å². The van der Waals surface area contributed by atoms with E-state index in [1.54, 1.807) is 6.92 Å². The molecule has 0 aromatic carbocycles. The molecule has 0 radical (unpaired) electrons. The third-order valence-electron chi connectivity index (χ3n) is 16.1. The summed E-state index contributed by atoms with van der Waals surface area (Å²) in [5.74, 6) is -1.41. The van der Waals surface area contributed by atoms with Crippen LogP contribution in [-0.4, -0.2) is 46.4 Å². The minimum Gasteiger partial charge on any atom is -0.481 e. The number of allylic oxidation sites excluding steroid dienone is 2. The molecule has 51 heavy (non-hydrogen) atoms. The molecule has 1 aliphatic heterocycles. The second-order valence-electron chi connectivity index (χ2n) is 18.8. The van der Waals surface area contributed by atoms with Crippen LogP contribution in [0.2, 0.25) is 0 Å². The summed E-state index contributed by atoms with van der Waals surface area (Å²) < 4.78 is 22.9. The van der Waals surface area contributed by atoms with Crippen LogP contribution < -0.4 is 11.6 Å². The SMILES string of the molecule is Cc1oc(=O)oc1COC1=N[C@@]23CC[C@]4(C)[C@H](C(=O)C=C5[C@@H]6C[C@@](C)(C(=O)O)CC[C@]6(C)CC[C@]54C)[C@@]2(C)CC[C@H](OC(=O)[C@@H](N)C(C)C)[C@@]13C. The molecule has 0 saturated heterocycles. The van der Waals surface area contributed by atoms with Gasteiger partial charge in [0.2, 0.25) is 0 Å². The number of nitrogens with zero attached hydrogens (tertiary/aromatic N) is 1. The second-order valence-corrected chi connectivity index (χ2v) is 18.8. The van der Waals surface area contributed by atoms with Crippen molar-refractivity contribution >= 4 is 23.6 Å². The maximum Gasteiger partial charge on any atom is 0.519 e. The maximum atomic E-state index is 15.0. The third kappa shape index (κ3) is 4.54. The summed E-state index contributed by atoms with van der Waals surface area (Å²) in [6.45, 7) is 18.4. The molecule has 11 atom stereocenters. The molecule has 2 heterocycles. The largest absolute Gasteiger partial charge is 0.519 e. The predicted octanol–water partition coefficient (Wildman–Crippen LogP) is 6.53. The van der Waals surface area contributed by atoms with E-state index in [1.807, 2.05) is 33.8 Å². The first-order valence-electron chi connectivity index (χ1n) is 18.9. The molecule has 7 rings (SSSR count). The van der Waals surface area contributed by atoms with E-state index in [1.165, 1.54) is 0 Å². The zero-order valence-electron chi connectivity index (χ0n) is 31.8. The van der Waals surface area contributed by atoms with Crippen LogP contribution in [0.3, 0.4) is 0 Å². The van der Waals surface area contributed by atoms with Gasteiger partial charge in [-0.25, -0.2) is 9.79 Å². The number of aryl methyl sites for hydroxylation is 1. The summed E-state index contributed by atoms with van der Waals surface area (Å²) in [7, 11) is 0. The van der Waals surface area contributed by atoms with E-state index in [4.69, 9.17) is 29.0 Å². The summed E-state index contributed by atoms with van der Waals surface area (Å²) in [6, 6.07) is -0.792. The van der Waals surface area contributed by atoms with Gasteiger partial charge in [-0.2, -0.15) is 0 Å². The molecule has 4 fully saturated rings. The highest BCUT2D eigenvalue weighted by Gasteiger charge is 2.81. The molecule has 280 valence electrons. The minimum absolute atomic E-state index is 0.0234. The molecule has 0 bridgehead atoms. The summed E-state index contributed by atoms with van der Waals surface area (Å²) in [5.41, 5.74) is 3.60. The first-order valence-corrected chi connectivity index (χ1v) is 18.9. The molecule has 11 nitrogen and oxygen atoms in total. The second kappa shape index (κ2) is 11.2. The summed E-state index contributed by atoms with van der Waals surface area (Å²) in [6.07, 6.45) is 7.80. The maximum absolute atomic E-state index is 15.0. The number of nitrogens with two attached hydrogens (primary N) is 1. The molecule has 0 unspecified atom stereocenters. The van der Waals surface area contributed by atoms with Gasteiger partial charge in [-0.1, -0.05) is 47.1 Å². The van der Waals surface area contributed by atoms with Gasteiger partial charge < -0.3 is 29.1 Å². The number of aliphatic imine (C=N–C) groups is 1. The smallest absolute Gasteiger partial charge is 0.481 e. The monoisotopic (exact) mass is 708 g/mol. The topological polar surface area (TPSA) is 172 Å². The lowest BCUT2D eigenvalue weighted by Gasteiger charge is -2.75. The van der Waals surface area contributed by atoms with Gasteiger partial charge in [0.05, 0.1) is 11.0 Å². The molecule has 11 heteroatoms. The van der Waals surface area contributed by atoms with Gasteiger partial charge in [0.25, 0.3) is 0 Å². The van der Waals surface area contributed by atoms with Crippen molar-refractivity contribution in [3.63, 3.8) is 0 Å². The Hall–Kier alpha value is -3.21. The fourth-order valence-electron chi connectivity index (χ4n) is 12.3. The van der Waals surface area contributed by atoms with Crippen LogP contribution in [0.1, 0.15) is 125 Å². The number of fused-ring (bicyclic) bond motifs is 6. The average molecular weight is 709 g/mol. The lowest BCUT2D eigenvalue weighted by Crippen LogP contribution is -2.80. The van der Waals surface area contributed by atoms with E-state index in [9.17, 15) is 24.3 Å².